The predicted molar refractivity (Wildman–Crippen MR) is 105 cm³/mol. The van der Waals surface area contributed by atoms with Crippen LogP contribution in [0.4, 0.5) is 20.2 Å². The highest BCUT2D eigenvalue weighted by molar-refractivity contribution is 7.96. The first kappa shape index (κ1) is 19.6. The first-order chi connectivity index (χ1) is 13.8. The van der Waals surface area contributed by atoms with E-state index in [-0.39, 0.29) is 15.5 Å². The monoisotopic (exact) mass is 418 g/mol. The fourth-order valence-electron chi connectivity index (χ4n) is 3.65. The summed E-state index contributed by atoms with van der Waals surface area (Å²) < 4.78 is 54.4. The van der Waals surface area contributed by atoms with Crippen molar-refractivity contribution in [3.05, 3.63) is 64.7 Å². The number of amides is 1. The molecule has 0 saturated carbocycles. The number of likely N-dealkylation sites (tertiary alicyclic amines) is 1. The fraction of sp³-hybridized carbons (Fsp3) is 0.286. The summed E-state index contributed by atoms with van der Waals surface area (Å²) >= 11 is 0. The van der Waals surface area contributed by atoms with Crippen LogP contribution in [0.3, 0.4) is 0 Å². The van der Waals surface area contributed by atoms with Crippen molar-refractivity contribution in [1.29, 1.82) is 0 Å². The molecule has 0 N–H and O–H groups in total. The molecule has 2 aliphatic rings. The van der Waals surface area contributed by atoms with Crippen molar-refractivity contribution >= 4 is 27.1 Å². The fourth-order valence-corrected chi connectivity index (χ4v) is 5.17. The van der Waals surface area contributed by atoms with Gasteiger partial charge in [0.25, 0.3) is 5.91 Å². The second-order valence-corrected chi connectivity index (χ2v) is 9.15. The molecule has 0 aliphatic carbocycles. The van der Waals surface area contributed by atoms with Crippen molar-refractivity contribution < 1.29 is 22.0 Å². The number of aryl methyl sites for hydroxylation is 1. The Morgan fingerprint density at radius 3 is 2.41 bits per heavy atom. The summed E-state index contributed by atoms with van der Waals surface area (Å²) in [5.41, 5.74) is 0.772. The van der Waals surface area contributed by atoms with Gasteiger partial charge in [-0.2, -0.15) is 0 Å². The number of anilines is 2. The van der Waals surface area contributed by atoms with Gasteiger partial charge in [0.15, 0.2) is 4.91 Å². The molecule has 2 heterocycles. The van der Waals surface area contributed by atoms with Crippen LogP contribution in [0.1, 0.15) is 24.8 Å². The van der Waals surface area contributed by atoms with E-state index < -0.39 is 27.4 Å². The van der Waals surface area contributed by atoms with E-state index in [1.807, 2.05) is 0 Å². The maximum atomic E-state index is 14.2. The van der Waals surface area contributed by atoms with E-state index in [0.717, 1.165) is 37.5 Å². The Morgan fingerprint density at radius 1 is 1.00 bits per heavy atom. The topological polar surface area (TPSA) is 57.7 Å². The lowest BCUT2D eigenvalue weighted by atomic mass is 10.1. The molecular formula is C21H20F2N2O3S. The van der Waals surface area contributed by atoms with Gasteiger partial charge in [0.1, 0.15) is 11.6 Å². The van der Waals surface area contributed by atoms with Crippen LogP contribution in [0.25, 0.3) is 0 Å². The Morgan fingerprint density at radius 2 is 1.72 bits per heavy atom. The van der Waals surface area contributed by atoms with E-state index >= 15 is 0 Å². The number of hydrogen-bond acceptors (Lipinski definition) is 4. The van der Waals surface area contributed by atoms with Crippen LogP contribution >= 0.6 is 0 Å². The zero-order valence-corrected chi connectivity index (χ0v) is 16.7. The predicted octanol–water partition coefficient (Wildman–Crippen LogP) is 4.05. The molecule has 1 saturated heterocycles. The molecule has 2 aromatic carbocycles. The molecule has 1 fully saturated rings. The van der Waals surface area contributed by atoms with Gasteiger partial charge in [0.2, 0.25) is 9.84 Å². The van der Waals surface area contributed by atoms with Gasteiger partial charge in [-0.05, 0) is 62.1 Å². The van der Waals surface area contributed by atoms with Crippen LogP contribution in [0.5, 0.6) is 0 Å². The largest absolute Gasteiger partial charge is 0.338 e. The molecule has 2 aromatic rings. The molecular weight excluding hydrogens is 398 g/mol. The standard InChI is InChI=1S/C21H20F2N2O3S/c1-14-5-7-16(12-17(14)23)25-13-20(21(26)24-9-3-2-4-10-24)29(27,28)19-8-6-15(22)11-18(19)25/h5-8,11-13H,2-4,9-10H2,1H3. The van der Waals surface area contributed by atoms with Crippen LogP contribution in [-0.2, 0) is 14.6 Å². The third-order valence-corrected chi connectivity index (χ3v) is 7.08. The van der Waals surface area contributed by atoms with E-state index in [0.29, 0.717) is 24.3 Å². The number of halogens is 2. The minimum absolute atomic E-state index is 0.0449. The van der Waals surface area contributed by atoms with Gasteiger partial charge >= 0.3 is 0 Å². The SMILES string of the molecule is Cc1ccc(N2C=C(C(=O)N3CCCCC3)S(=O)(=O)c3ccc(F)cc32)cc1F. The van der Waals surface area contributed by atoms with E-state index in [2.05, 4.69) is 0 Å². The molecule has 4 rings (SSSR count). The number of nitrogens with zero attached hydrogens (tertiary/aromatic N) is 2. The number of carbonyl (C=O) groups excluding carboxylic acids is 1. The van der Waals surface area contributed by atoms with Gasteiger partial charge in [0.05, 0.1) is 10.6 Å². The zero-order chi connectivity index (χ0) is 20.8. The van der Waals surface area contributed by atoms with Gasteiger partial charge in [-0.15, -0.1) is 0 Å². The normalized spacial score (nSPS) is 18.2. The van der Waals surface area contributed by atoms with Crippen LogP contribution in [0.15, 0.2) is 52.4 Å². The minimum atomic E-state index is -4.14. The van der Waals surface area contributed by atoms with Crippen LogP contribution in [0, 0.1) is 18.6 Å². The summed E-state index contributed by atoms with van der Waals surface area (Å²) in [6.07, 6.45) is 3.80. The molecule has 29 heavy (non-hydrogen) atoms. The molecule has 0 spiro atoms. The molecule has 8 heteroatoms. The second kappa shape index (κ2) is 7.26. The summed E-state index contributed by atoms with van der Waals surface area (Å²) in [6.45, 7) is 2.58. The average molecular weight is 418 g/mol. The molecule has 152 valence electrons. The summed E-state index contributed by atoms with van der Waals surface area (Å²) in [5.74, 6) is -1.70. The Labute approximate surface area is 168 Å². The lowest BCUT2D eigenvalue weighted by Crippen LogP contribution is -2.39. The van der Waals surface area contributed by atoms with Gasteiger partial charge in [-0.1, -0.05) is 6.07 Å². The Balaban J connectivity index is 1.89. The van der Waals surface area contributed by atoms with E-state index in [9.17, 15) is 22.0 Å². The number of benzene rings is 2. The van der Waals surface area contributed by atoms with Crippen molar-refractivity contribution in [3.8, 4) is 0 Å². The molecule has 0 radical (unpaired) electrons. The first-order valence-corrected chi connectivity index (χ1v) is 10.9. The molecule has 5 nitrogen and oxygen atoms in total. The number of hydrogen-bond donors (Lipinski definition) is 0. The molecule has 0 aromatic heterocycles. The van der Waals surface area contributed by atoms with E-state index in [1.165, 1.54) is 22.1 Å². The highest BCUT2D eigenvalue weighted by Gasteiger charge is 2.38. The maximum absolute atomic E-state index is 14.2. The van der Waals surface area contributed by atoms with Gasteiger partial charge in [-0.3, -0.25) is 4.79 Å². The van der Waals surface area contributed by atoms with Gasteiger partial charge in [0, 0.05) is 25.0 Å². The summed E-state index contributed by atoms with van der Waals surface area (Å²) in [6, 6.07) is 7.65. The third kappa shape index (κ3) is 3.42. The van der Waals surface area contributed by atoms with E-state index in [1.54, 1.807) is 19.1 Å². The Kier molecular flexibility index (Phi) is 4.90. The quantitative estimate of drug-likeness (QED) is 0.691. The average Bonchev–Trinajstić information content (AvgIpc) is 2.70. The Hall–Kier alpha value is -2.74. The summed E-state index contributed by atoms with van der Waals surface area (Å²) in [7, 11) is -4.14. The summed E-state index contributed by atoms with van der Waals surface area (Å²) in [5, 5.41) is 0. The van der Waals surface area contributed by atoms with Crippen molar-refractivity contribution in [3.63, 3.8) is 0 Å². The van der Waals surface area contributed by atoms with Crippen LogP contribution in [0.2, 0.25) is 0 Å². The second-order valence-electron chi connectivity index (χ2n) is 7.27. The van der Waals surface area contributed by atoms with Crippen LogP contribution in [-0.4, -0.2) is 32.3 Å². The van der Waals surface area contributed by atoms with Gasteiger partial charge < -0.3 is 9.80 Å². The molecule has 2 aliphatic heterocycles. The zero-order valence-electron chi connectivity index (χ0n) is 15.9. The highest BCUT2D eigenvalue weighted by atomic mass is 32.2. The first-order valence-electron chi connectivity index (χ1n) is 9.40. The van der Waals surface area contributed by atoms with Crippen molar-refractivity contribution in [2.24, 2.45) is 0 Å². The van der Waals surface area contributed by atoms with Crippen molar-refractivity contribution in [1.82, 2.24) is 4.90 Å². The van der Waals surface area contributed by atoms with Crippen LogP contribution < -0.4 is 4.90 Å². The summed E-state index contributed by atoms with van der Waals surface area (Å²) in [4.78, 5) is 15.4. The molecule has 0 unspecified atom stereocenters. The van der Waals surface area contributed by atoms with E-state index in [4.69, 9.17) is 0 Å². The molecule has 1 amide bonds. The smallest absolute Gasteiger partial charge is 0.267 e. The number of fused-ring (bicyclic) bond motifs is 1. The Bertz CT molecular complexity index is 1120. The minimum Gasteiger partial charge on any atom is -0.338 e. The van der Waals surface area contributed by atoms with Crippen molar-refractivity contribution in [2.75, 3.05) is 18.0 Å². The number of carbonyl (C=O) groups is 1. The molecule has 0 atom stereocenters. The van der Waals surface area contributed by atoms with Crippen molar-refractivity contribution in [2.45, 2.75) is 31.1 Å². The maximum Gasteiger partial charge on any atom is 0.267 e. The number of sulfone groups is 1. The molecule has 0 bridgehead atoms. The third-order valence-electron chi connectivity index (χ3n) is 5.29. The lowest BCUT2D eigenvalue weighted by molar-refractivity contribution is -0.127. The highest BCUT2D eigenvalue weighted by Crippen LogP contribution is 2.40. The number of piperidine rings is 1. The lowest BCUT2D eigenvalue weighted by Gasteiger charge is -2.32. The number of rotatable bonds is 2. The van der Waals surface area contributed by atoms with Gasteiger partial charge in [-0.25, -0.2) is 17.2 Å².